The highest BCUT2D eigenvalue weighted by molar-refractivity contribution is 8.03. The molecule has 2 atom stereocenters. The summed E-state index contributed by atoms with van der Waals surface area (Å²) in [6, 6.07) is -0.910. The number of aliphatic hydroxyl groups is 1. The van der Waals surface area contributed by atoms with Crippen LogP contribution >= 0.6 is 23.4 Å². The minimum Gasteiger partial charge on any atom is -0.467 e. The highest BCUT2D eigenvalue weighted by atomic mass is 35.5. The Hall–Kier alpha value is -1.25. The molecule has 0 aliphatic carbocycles. The van der Waals surface area contributed by atoms with Gasteiger partial charge in [-0.1, -0.05) is 11.6 Å². The van der Waals surface area contributed by atoms with Gasteiger partial charge in [-0.2, -0.15) is 0 Å². The van der Waals surface area contributed by atoms with E-state index < -0.39 is 30.2 Å². The highest BCUT2D eigenvalue weighted by Gasteiger charge is 2.33. The Bertz CT molecular complexity index is 438. The van der Waals surface area contributed by atoms with Crippen LogP contribution in [0.4, 0.5) is 0 Å². The molecular formula is C10H12ClNO6S. The van der Waals surface area contributed by atoms with Crippen LogP contribution in [-0.4, -0.2) is 48.1 Å². The molecule has 2 N–H and O–H groups in total. The molecular weight excluding hydrogens is 298 g/mol. The van der Waals surface area contributed by atoms with E-state index in [0.29, 0.717) is 0 Å². The van der Waals surface area contributed by atoms with Crippen molar-refractivity contribution in [2.24, 2.45) is 0 Å². The van der Waals surface area contributed by atoms with E-state index in [2.05, 4.69) is 14.8 Å². The van der Waals surface area contributed by atoms with Gasteiger partial charge in [0.15, 0.2) is 0 Å². The summed E-state index contributed by atoms with van der Waals surface area (Å²) in [7, 11) is 1.19. The number of ether oxygens (including phenoxy) is 2. The zero-order valence-corrected chi connectivity index (χ0v) is 11.7. The molecule has 1 rings (SSSR count). The van der Waals surface area contributed by atoms with Crippen molar-refractivity contribution in [3.63, 3.8) is 0 Å². The molecule has 2 unspecified atom stereocenters. The molecule has 1 aliphatic rings. The van der Waals surface area contributed by atoms with Gasteiger partial charge < -0.3 is 19.9 Å². The van der Waals surface area contributed by atoms with Crippen molar-refractivity contribution in [1.29, 1.82) is 0 Å². The minimum atomic E-state index is -1.44. The third-order valence-corrected chi connectivity index (χ3v) is 3.79. The molecule has 0 radical (unpaired) electrons. The summed E-state index contributed by atoms with van der Waals surface area (Å²) in [6.45, 7) is 1.25. The molecule has 0 bridgehead atoms. The fraction of sp³-hybridized carbons (Fsp3) is 0.500. The van der Waals surface area contributed by atoms with Crippen molar-refractivity contribution in [2.45, 2.75) is 19.3 Å². The second kappa shape index (κ2) is 6.78. The maximum atomic E-state index is 11.4. The first-order valence-corrected chi connectivity index (χ1v) is 6.49. The summed E-state index contributed by atoms with van der Waals surface area (Å²) in [5.41, 5.74) is 0. The van der Waals surface area contributed by atoms with Gasteiger partial charge in [-0.3, -0.25) is 4.79 Å². The number of halogens is 1. The topological polar surface area (TPSA) is 102 Å². The molecule has 0 aromatic heterocycles. The zero-order chi connectivity index (χ0) is 14.6. The largest absolute Gasteiger partial charge is 0.467 e. The van der Waals surface area contributed by atoms with Crippen molar-refractivity contribution < 1.29 is 29.0 Å². The van der Waals surface area contributed by atoms with Crippen LogP contribution in [0.5, 0.6) is 0 Å². The van der Waals surface area contributed by atoms with Gasteiger partial charge in [0.1, 0.15) is 11.1 Å². The van der Waals surface area contributed by atoms with Crippen molar-refractivity contribution in [2.75, 3.05) is 12.9 Å². The second-order valence-electron chi connectivity index (χ2n) is 3.52. The Morgan fingerprint density at radius 1 is 1.63 bits per heavy atom. The Morgan fingerprint density at radius 3 is 2.68 bits per heavy atom. The number of esters is 2. The number of rotatable bonds is 5. The molecule has 106 valence electrons. The smallest absolute Gasteiger partial charge is 0.353 e. The van der Waals surface area contributed by atoms with Gasteiger partial charge in [0.2, 0.25) is 12.2 Å². The van der Waals surface area contributed by atoms with Crippen LogP contribution in [0, 0.1) is 0 Å². The molecule has 19 heavy (non-hydrogen) atoms. The molecule has 0 aromatic carbocycles. The van der Waals surface area contributed by atoms with Crippen molar-refractivity contribution in [3.05, 3.63) is 9.94 Å². The zero-order valence-electron chi connectivity index (χ0n) is 10.1. The Balaban J connectivity index is 2.69. The molecule has 0 saturated carbocycles. The number of hydrogen-bond acceptors (Lipinski definition) is 7. The molecule has 1 amide bonds. The van der Waals surface area contributed by atoms with Crippen LogP contribution in [-0.2, 0) is 23.9 Å². The quantitative estimate of drug-likeness (QED) is 0.674. The van der Waals surface area contributed by atoms with Gasteiger partial charge in [0, 0.05) is 12.7 Å². The number of methoxy groups -OCH3 is 1. The molecule has 0 fully saturated rings. The summed E-state index contributed by atoms with van der Waals surface area (Å²) >= 11 is 6.58. The molecule has 9 heteroatoms. The summed E-state index contributed by atoms with van der Waals surface area (Å²) in [5, 5.41) is 11.6. The molecule has 1 heterocycles. The van der Waals surface area contributed by atoms with Crippen LogP contribution in [0.25, 0.3) is 0 Å². The van der Waals surface area contributed by atoms with Crippen LogP contribution in [0.1, 0.15) is 6.92 Å². The van der Waals surface area contributed by atoms with Crippen LogP contribution in [0.15, 0.2) is 9.94 Å². The Labute approximate surface area is 118 Å². The lowest BCUT2D eigenvalue weighted by atomic mass is 10.3. The minimum absolute atomic E-state index is 0.0471. The molecule has 7 nitrogen and oxygen atoms in total. The van der Waals surface area contributed by atoms with E-state index in [-0.39, 0.29) is 15.7 Å². The second-order valence-corrected chi connectivity index (χ2v) is 4.96. The van der Waals surface area contributed by atoms with Crippen LogP contribution in [0.3, 0.4) is 0 Å². The summed E-state index contributed by atoms with van der Waals surface area (Å²) in [4.78, 5) is 33.5. The van der Waals surface area contributed by atoms with Gasteiger partial charge in [-0.05, 0) is 0 Å². The van der Waals surface area contributed by atoms with Gasteiger partial charge in [-0.15, -0.1) is 11.8 Å². The number of carbonyl (C=O) groups excluding carboxylic acids is 3. The lowest BCUT2D eigenvalue weighted by Crippen LogP contribution is -2.42. The monoisotopic (exact) mass is 309 g/mol. The average molecular weight is 310 g/mol. The predicted octanol–water partition coefficient (Wildman–Crippen LogP) is -0.277. The van der Waals surface area contributed by atoms with E-state index in [4.69, 9.17) is 11.6 Å². The Kier molecular flexibility index (Phi) is 5.64. The SMILES string of the molecule is COC(=O)C(CSC1=C(Cl)C(=O)OC1O)NC(C)=O. The lowest BCUT2D eigenvalue weighted by Gasteiger charge is -2.15. The summed E-state index contributed by atoms with van der Waals surface area (Å²) in [6.07, 6.45) is -1.44. The van der Waals surface area contributed by atoms with Crippen molar-refractivity contribution in [1.82, 2.24) is 5.32 Å². The first-order chi connectivity index (χ1) is 8.86. The Morgan fingerprint density at radius 2 is 2.26 bits per heavy atom. The standard InChI is InChI=1S/C10H12ClNO6S/c1-4(13)12-5(8(14)17-2)3-19-7-6(11)9(15)18-10(7)16/h5,10,16H,3H2,1-2H3,(H,12,13). The van der Waals surface area contributed by atoms with E-state index in [1.54, 1.807) is 0 Å². The van der Waals surface area contributed by atoms with Crippen molar-refractivity contribution in [3.8, 4) is 0 Å². The predicted molar refractivity (Wildman–Crippen MR) is 67.1 cm³/mol. The van der Waals surface area contributed by atoms with E-state index in [0.717, 1.165) is 11.8 Å². The van der Waals surface area contributed by atoms with Gasteiger partial charge in [-0.25, -0.2) is 9.59 Å². The van der Waals surface area contributed by atoms with E-state index in [1.807, 2.05) is 0 Å². The molecule has 1 aliphatic heterocycles. The fourth-order valence-corrected chi connectivity index (χ4v) is 2.55. The third kappa shape index (κ3) is 4.12. The fourth-order valence-electron chi connectivity index (χ4n) is 1.28. The van der Waals surface area contributed by atoms with Gasteiger partial charge in [0.25, 0.3) is 0 Å². The lowest BCUT2D eigenvalue weighted by molar-refractivity contribution is -0.151. The normalized spacial score (nSPS) is 20.0. The highest BCUT2D eigenvalue weighted by Crippen LogP contribution is 2.33. The number of hydrogen-bond donors (Lipinski definition) is 2. The van der Waals surface area contributed by atoms with Gasteiger partial charge in [0.05, 0.1) is 12.0 Å². The molecule has 0 aromatic rings. The maximum Gasteiger partial charge on any atom is 0.353 e. The molecule has 0 spiro atoms. The number of amides is 1. The first-order valence-electron chi connectivity index (χ1n) is 5.13. The van der Waals surface area contributed by atoms with Crippen LogP contribution < -0.4 is 5.32 Å². The van der Waals surface area contributed by atoms with Crippen LogP contribution in [0.2, 0.25) is 0 Å². The van der Waals surface area contributed by atoms with Gasteiger partial charge >= 0.3 is 11.9 Å². The maximum absolute atomic E-state index is 11.4. The first kappa shape index (κ1) is 15.8. The summed E-state index contributed by atoms with van der Waals surface area (Å²) in [5.74, 6) is -1.83. The van der Waals surface area contributed by atoms with E-state index in [9.17, 15) is 19.5 Å². The number of thioether (sulfide) groups is 1. The van der Waals surface area contributed by atoms with E-state index >= 15 is 0 Å². The van der Waals surface area contributed by atoms with E-state index in [1.165, 1.54) is 14.0 Å². The number of cyclic esters (lactones) is 1. The number of aliphatic hydroxyl groups excluding tert-OH is 1. The number of nitrogens with one attached hydrogen (secondary N) is 1. The third-order valence-electron chi connectivity index (χ3n) is 2.11. The summed E-state index contributed by atoms with van der Waals surface area (Å²) < 4.78 is 9.00. The number of carbonyl (C=O) groups is 3. The average Bonchev–Trinajstić information content (AvgIpc) is 2.58. The van der Waals surface area contributed by atoms with Crippen molar-refractivity contribution >= 4 is 41.2 Å². The molecule has 0 saturated heterocycles.